The lowest BCUT2D eigenvalue weighted by Crippen LogP contribution is -2.22. The highest BCUT2D eigenvalue weighted by Gasteiger charge is 2.24. The van der Waals surface area contributed by atoms with Crippen LogP contribution in [0.1, 0.15) is 5.82 Å². The molecule has 1 N–H and O–H groups in total. The highest BCUT2D eigenvalue weighted by molar-refractivity contribution is 7.89. The van der Waals surface area contributed by atoms with Crippen molar-refractivity contribution in [3.63, 3.8) is 0 Å². The monoisotopic (exact) mass is 476 g/mol. The summed E-state index contributed by atoms with van der Waals surface area (Å²) in [6.07, 6.45) is 1.44. The van der Waals surface area contributed by atoms with Gasteiger partial charge in [0.25, 0.3) is 0 Å². The van der Waals surface area contributed by atoms with Gasteiger partial charge in [0.2, 0.25) is 15.2 Å². The number of hydrogen-bond donors (Lipinski definition) is 1. The molecule has 160 valence electrons. The molecule has 0 spiro atoms. The number of ether oxygens (including phenoxy) is 1. The van der Waals surface area contributed by atoms with Gasteiger partial charge >= 0.3 is 0 Å². The molecule has 0 amide bonds. The van der Waals surface area contributed by atoms with Crippen LogP contribution in [0.5, 0.6) is 11.5 Å². The first-order chi connectivity index (χ1) is 14.8. The van der Waals surface area contributed by atoms with E-state index in [2.05, 4.69) is 24.6 Å². The Kier molecular flexibility index (Phi) is 5.75. The van der Waals surface area contributed by atoms with E-state index in [0.29, 0.717) is 33.4 Å². The number of sulfonamides is 1. The zero-order valence-electron chi connectivity index (χ0n) is 16.7. The van der Waals surface area contributed by atoms with Crippen molar-refractivity contribution in [2.45, 2.75) is 11.8 Å². The Bertz CT molecular complexity index is 1370. The number of halogens is 1. The molecule has 0 fully saturated rings. The van der Waals surface area contributed by atoms with Gasteiger partial charge in [-0.15, -0.1) is 0 Å². The fourth-order valence-electron chi connectivity index (χ4n) is 2.75. The lowest BCUT2D eigenvalue weighted by atomic mass is 10.2. The van der Waals surface area contributed by atoms with Crippen LogP contribution in [-0.2, 0) is 10.0 Å². The van der Waals surface area contributed by atoms with Crippen molar-refractivity contribution in [2.75, 3.05) is 19.4 Å². The van der Waals surface area contributed by atoms with Gasteiger partial charge in [-0.25, -0.2) is 27.7 Å². The van der Waals surface area contributed by atoms with Crippen molar-refractivity contribution < 1.29 is 13.2 Å². The van der Waals surface area contributed by atoms with E-state index < -0.39 is 10.0 Å². The molecule has 0 aliphatic carbocycles. The molecule has 0 saturated heterocycles. The van der Waals surface area contributed by atoms with Crippen LogP contribution >= 0.6 is 23.1 Å². The third-order valence-corrected chi connectivity index (χ3v) is 7.13. The van der Waals surface area contributed by atoms with Crippen LogP contribution in [0.15, 0.2) is 47.6 Å². The van der Waals surface area contributed by atoms with Gasteiger partial charge in [0, 0.05) is 31.0 Å². The molecular weight excluding hydrogens is 460 g/mol. The van der Waals surface area contributed by atoms with E-state index in [9.17, 15) is 8.42 Å². The topological polar surface area (TPSA) is 110 Å². The normalized spacial score (nSPS) is 11.8. The highest BCUT2D eigenvalue weighted by atomic mass is 35.5. The fraction of sp³-hybridized carbons (Fsp3) is 0.158. The first-order valence-electron chi connectivity index (χ1n) is 8.96. The summed E-state index contributed by atoms with van der Waals surface area (Å²) in [6.45, 7) is 1.80. The largest absolute Gasteiger partial charge is 0.454 e. The lowest BCUT2D eigenvalue weighted by Gasteiger charge is -2.17. The van der Waals surface area contributed by atoms with Crippen LogP contribution in [0, 0.1) is 6.92 Å². The van der Waals surface area contributed by atoms with Crippen LogP contribution < -0.4 is 10.1 Å². The number of aromatic nitrogens is 4. The maximum atomic E-state index is 12.7. The van der Waals surface area contributed by atoms with Crippen LogP contribution in [0.3, 0.4) is 0 Å². The van der Waals surface area contributed by atoms with Gasteiger partial charge in [-0.3, -0.25) is 0 Å². The smallest absolute Gasteiger partial charge is 0.246 e. The number of para-hydroxylation sites is 1. The van der Waals surface area contributed by atoms with Gasteiger partial charge in [0.05, 0.1) is 10.5 Å². The Morgan fingerprint density at radius 3 is 2.68 bits per heavy atom. The summed E-state index contributed by atoms with van der Waals surface area (Å²) in [5.74, 6) is 1.60. The van der Waals surface area contributed by atoms with E-state index >= 15 is 0 Å². The zero-order valence-corrected chi connectivity index (χ0v) is 19.1. The minimum absolute atomic E-state index is 0.0305. The molecule has 2 aromatic carbocycles. The first-order valence-corrected chi connectivity index (χ1v) is 11.6. The van der Waals surface area contributed by atoms with Crippen LogP contribution in [-0.4, -0.2) is 46.1 Å². The zero-order chi connectivity index (χ0) is 22.2. The summed E-state index contributed by atoms with van der Waals surface area (Å²) < 4.78 is 36.6. The average molecular weight is 477 g/mol. The van der Waals surface area contributed by atoms with Crippen molar-refractivity contribution in [3.05, 3.63) is 53.6 Å². The lowest BCUT2D eigenvalue weighted by molar-refractivity contribution is 0.461. The number of nitrogens with zero attached hydrogens (tertiary/aromatic N) is 5. The molecule has 0 bridgehead atoms. The Labute approximate surface area is 187 Å². The first kappa shape index (κ1) is 21.4. The second kappa shape index (κ2) is 8.35. The number of benzene rings is 2. The van der Waals surface area contributed by atoms with Crippen LogP contribution in [0.4, 0.5) is 10.9 Å². The van der Waals surface area contributed by atoms with Crippen molar-refractivity contribution in [1.82, 2.24) is 23.6 Å². The number of fused-ring (bicyclic) bond motifs is 1. The van der Waals surface area contributed by atoms with Gasteiger partial charge in [0.15, 0.2) is 5.75 Å². The van der Waals surface area contributed by atoms with Crippen molar-refractivity contribution in [1.29, 1.82) is 0 Å². The quantitative estimate of drug-likeness (QED) is 0.440. The number of rotatable bonds is 6. The second-order valence-corrected chi connectivity index (χ2v) is 9.91. The SMILES string of the molecule is Cc1nsc(Nc2ncnc3ccc(Oc4c(Cl)cccc4S(=O)(=O)N(C)C)cc23)n1. The molecule has 0 aliphatic heterocycles. The van der Waals surface area contributed by atoms with E-state index in [1.807, 2.05) is 0 Å². The standard InChI is InChI=1S/C19H17ClN6O3S2/c1-11-23-19(30-25-11)24-18-13-9-12(7-8-15(13)21-10-22-18)29-17-14(20)5-4-6-16(17)31(27,28)26(2)3/h4-10H,1-3H3,(H,21,22,23,24,25). The second-order valence-electron chi connectivity index (χ2n) is 6.63. The Balaban J connectivity index is 1.76. The van der Waals surface area contributed by atoms with Gasteiger partial charge in [-0.05, 0) is 37.3 Å². The molecule has 4 aromatic rings. The molecule has 9 nitrogen and oxygen atoms in total. The molecule has 2 aromatic heterocycles. The van der Waals surface area contributed by atoms with E-state index in [0.717, 1.165) is 4.31 Å². The molecular formula is C19H17ClN6O3S2. The highest BCUT2D eigenvalue weighted by Crippen LogP contribution is 2.38. The maximum Gasteiger partial charge on any atom is 0.246 e. The van der Waals surface area contributed by atoms with E-state index in [1.165, 1.54) is 38.0 Å². The number of nitrogens with one attached hydrogen (secondary N) is 1. The maximum absolute atomic E-state index is 12.7. The molecule has 0 atom stereocenters. The van der Waals surface area contributed by atoms with Gasteiger partial charge in [-0.2, -0.15) is 4.37 Å². The van der Waals surface area contributed by atoms with Gasteiger partial charge in [-0.1, -0.05) is 17.7 Å². The van der Waals surface area contributed by atoms with Crippen molar-refractivity contribution in [2.24, 2.45) is 0 Å². The molecule has 0 unspecified atom stereocenters. The van der Waals surface area contributed by atoms with Crippen molar-refractivity contribution >= 4 is 55.0 Å². The predicted molar refractivity (Wildman–Crippen MR) is 120 cm³/mol. The summed E-state index contributed by atoms with van der Waals surface area (Å²) in [5.41, 5.74) is 0.673. The molecule has 12 heteroatoms. The predicted octanol–water partition coefficient (Wildman–Crippen LogP) is 4.23. The third-order valence-electron chi connectivity index (χ3n) is 4.27. The Morgan fingerprint density at radius 1 is 1.16 bits per heavy atom. The van der Waals surface area contributed by atoms with Gasteiger partial charge in [0.1, 0.15) is 28.6 Å². The van der Waals surface area contributed by atoms with Crippen LogP contribution in [0.2, 0.25) is 5.02 Å². The summed E-state index contributed by atoms with van der Waals surface area (Å²) >= 11 is 7.51. The van der Waals surface area contributed by atoms with E-state index in [1.54, 1.807) is 37.3 Å². The summed E-state index contributed by atoms with van der Waals surface area (Å²) in [6, 6.07) is 9.72. The minimum atomic E-state index is -3.77. The number of aryl methyl sites for hydroxylation is 1. The fourth-order valence-corrected chi connectivity index (χ4v) is 4.63. The van der Waals surface area contributed by atoms with Crippen molar-refractivity contribution in [3.8, 4) is 11.5 Å². The number of hydrogen-bond acceptors (Lipinski definition) is 9. The summed E-state index contributed by atoms with van der Waals surface area (Å²) in [7, 11) is -0.876. The van der Waals surface area contributed by atoms with Gasteiger partial charge < -0.3 is 10.1 Å². The molecule has 2 heterocycles. The average Bonchev–Trinajstić information content (AvgIpc) is 3.14. The molecule has 4 rings (SSSR count). The van der Waals surface area contributed by atoms with E-state index in [-0.39, 0.29) is 15.7 Å². The Hall–Kier alpha value is -2.86. The molecule has 31 heavy (non-hydrogen) atoms. The Morgan fingerprint density at radius 2 is 1.97 bits per heavy atom. The minimum Gasteiger partial charge on any atom is -0.454 e. The van der Waals surface area contributed by atoms with Crippen LogP contribution in [0.25, 0.3) is 10.9 Å². The molecule has 0 aliphatic rings. The summed E-state index contributed by atoms with van der Waals surface area (Å²) in [5, 5.41) is 4.56. The summed E-state index contributed by atoms with van der Waals surface area (Å²) in [4.78, 5) is 12.8. The third kappa shape index (κ3) is 4.30. The molecule has 0 radical (unpaired) electrons. The number of anilines is 2. The molecule has 0 saturated carbocycles. The van der Waals surface area contributed by atoms with E-state index in [4.69, 9.17) is 16.3 Å².